The molecule has 0 fully saturated rings. The molecule has 0 aliphatic carbocycles. The number of hydrogen-bond acceptors (Lipinski definition) is 3. The van der Waals surface area contributed by atoms with Gasteiger partial charge in [0.1, 0.15) is 0 Å². The molecule has 2 aromatic rings. The summed E-state index contributed by atoms with van der Waals surface area (Å²) in [4.78, 5) is 0. The molecule has 0 amide bonds. The van der Waals surface area contributed by atoms with Crippen molar-refractivity contribution >= 4 is 0 Å². The largest absolute Gasteiger partial charge is 0.304 e. The summed E-state index contributed by atoms with van der Waals surface area (Å²) in [7, 11) is 3.98. The smallest absolute Gasteiger partial charge is 0.0918 e. The zero-order chi connectivity index (χ0) is 13.8. The van der Waals surface area contributed by atoms with Gasteiger partial charge in [0.2, 0.25) is 0 Å². The zero-order valence-corrected chi connectivity index (χ0v) is 12.2. The molecule has 0 bridgehead atoms. The first kappa shape index (κ1) is 13.8. The van der Waals surface area contributed by atoms with Crippen LogP contribution in [0.3, 0.4) is 0 Å². The molecule has 1 N–H and O–H groups in total. The number of aryl methyl sites for hydroxylation is 3. The first-order valence-electron chi connectivity index (χ1n) is 6.91. The van der Waals surface area contributed by atoms with Gasteiger partial charge in [-0.15, -0.1) is 0 Å². The lowest BCUT2D eigenvalue weighted by Gasteiger charge is -2.19. The predicted molar refractivity (Wildman–Crippen MR) is 75.9 cm³/mol. The number of nitrogens with one attached hydrogen (secondary N) is 1. The van der Waals surface area contributed by atoms with Crippen LogP contribution in [0.15, 0.2) is 18.3 Å². The molecule has 19 heavy (non-hydrogen) atoms. The molecule has 0 aliphatic heterocycles. The molecular formula is C14H23N5. The van der Waals surface area contributed by atoms with E-state index in [1.54, 1.807) is 0 Å². The van der Waals surface area contributed by atoms with E-state index in [1.807, 2.05) is 29.7 Å². The van der Waals surface area contributed by atoms with Crippen molar-refractivity contribution in [2.75, 3.05) is 6.54 Å². The van der Waals surface area contributed by atoms with Gasteiger partial charge in [-0.2, -0.15) is 10.2 Å². The highest BCUT2D eigenvalue weighted by Gasteiger charge is 2.20. The average Bonchev–Trinajstić information content (AvgIpc) is 2.98. The van der Waals surface area contributed by atoms with E-state index in [0.29, 0.717) is 0 Å². The first-order valence-corrected chi connectivity index (χ1v) is 6.91. The summed E-state index contributed by atoms with van der Waals surface area (Å²) in [6.45, 7) is 5.28. The van der Waals surface area contributed by atoms with Crippen LogP contribution >= 0.6 is 0 Å². The molecule has 0 spiro atoms. The molecule has 0 aliphatic rings. The number of hydrogen-bond donors (Lipinski definition) is 1. The Hall–Kier alpha value is -1.62. The van der Waals surface area contributed by atoms with Crippen molar-refractivity contribution in [1.29, 1.82) is 0 Å². The van der Waals surface area contributed by atoms with Crippen LogP contribution in [0.2, 0.25) is 0 Å². The monoisotopic (exact) mass is 261 g/mol. The fraction of sp³-hybridized carbons (Fsp3) is 0.571. The highest BCUT2D eigenvalue weighted by molar-refractivity contribution is 5.24. The van der Waals surface area contributed by atoms with Crippen LogP contribution < -0.4 is 5.32 Å². The minimum Gasteiger partial charge on any atom is -0.304 e. The van der Waals surface area contributed by atoms with Crippen molar-refractivity contribution in [2.45, 2.75) is 32.7 Å². The zero-order valence-electron chi connectivity index (χ0n) is 12.2. The molecule has 2 aromatic heterocycles. The maximum absolute atomic E-state index is 4.54. The minimum absolute atomic E-state index is 0.144. The fourth-order valence-electron chi connectivity index (χ4n) is 2.30. The molecule has 0 radical (unpaired) electrons. The molecule has 104 valence electrons. The number of rotatable bonds is 6. The van der Waals surface area contributed by atoms with Crippen molar-refractivity contribution in [1.82, 2.24) is 24.9 Å². The van der Waals surface area contributed by atoms with E-state index >= 15 is 0 Å². The Morgan fingerprint density at radius 3 is 2.53 bits per heavy atom. The molecule has 2 heterocycles. The molecule has 0 saturated carbocycles. The van der Waals surface area contributed by atoms with Crippen LogP contribution in [0.5, 0.6) is 0 Å². The Kier molecular flexibility index (Phi) is 4.37. The van der Waals surface area contributed by atoms with Gasteiger partial charge in [0.15, 0.2) is 0 Å². The van der Waals surface area contributed by atoms with Crippen molar-refractivity contribution in [3.63, 3.8) is 0 Å². The van der Waals surface area contributed by atoms with Gasteiger partial charge in [0.25, 0.3) is 0 Å². The van der Waals surface area contributed by atoms with Crippen LogP contribution in [-0.4, -0.2) is 26.1 Å². The van der Waals surface area contributed by atoms with E-state index in [-0.39, 0.29) is 6.04 Å². The van der Waals surface area contributed by atoms with E-state index in [9.17, 15) is 0 Å². The summed E-state index contributed by atoms with van der Waals surface area (Å²) in [5, 5.41) is 12.4. The molecular weight excluding hydrogens is 238 g/mol. The Morgan fingerprint density at radius 2 is 2.00 bits per heavy atom. The van der Waals surface area contributed by atoms with Crippen LogP contribution in [-0.2, 0) is 20.5 Å². The quantitative estimate of drug-likeness (QED) is 0.862. The van der Waals surface area contributed by atoms with Gasteiger partial charge < -0.3 is 5.32 Å². The van der Waals surface area contributed by atoms with Gasteiger partial charge in [-0.05, 0) is 31.5 Å². The van der Waals surface area contributed by atoms with Crippen molar-refractivity contribution in [3.8, 4) is 0 Å². The van der Waals surface area contributed by atoms with Crippen LogP contribution in [0.4, 0.5) is 0 Å². The predicted octanol–water partition coefficient (Wildman–Crippen LogP) is 1.80. The van der Waals surface area contributed by atoms with Gasteiger partial charge in [0.05, 0.1) is 23.1 Å². The lowest BCUT2D eigenvalue weighted by molar-refractivity contribution is 0.519. The maximum atomic E-state index is 4.54. The van der Waals surface area contributed by atoms with E-state index in [1.165, 1.54) is 11.4 Å². The summed E-state index contributed by atoms with van der Waals surface area (Å²) < 4.78 is 3.89. The highest BCUT2D eigenvalue weighted by atomic mass is 15.3. The van der Waals surface area contributed by atoms with Gasteiger partial charge >= 0.3 is 0 Å². The van der Waals surface area contributed by atoms with E-state index in [4.69, 9.17) is 0 Å². The van der Waals surface area contributed by atoms with E-state index in [0.717, 1.165) is 25.1 Å². The number of aromatic nitrogens is 4. The van der Waals surface area contributed by atoms with Crippen molar-refractivity contribution in [2.24, 2.45) is 14.1 Å². The topological polar surface area (TPSA) is 47.7 Å². The SMILES string of the molecule is CCCNC(c1ccnn1C)c1cc(CC)nn1C. The summed E-state index contributed by atoms with van der Waals surface area (Å²) in [5.41, 5.74) is 3.48. The summed E-state index contributed by atoms with van der Waals surface area (Å²) >= 11 is 0. The highest BCUT2D eigenvalue weighted by Crippen LogP contribution is 2.22. The van der Waals surface area contributed by atoms with Crippen LogP contribution in [0.25, 0.3) is 0 Å². The first-order chi connectivity index (χ1) is 9.17. The fourth-order valence-corrected chi connectivity index (χ4v) is 2.30. The third-order valence-electron chi connectivity index (χ3n) is 3.38. The second-order valence-corrected chi connectivity index (χ2v) is 4.80. The van der Waals surface area contributed by atoms with Crippen molar-refractivity contribution in [3.05, 3.63) is 35.4 Å². The van der Waals surface area contributed by atoms with Crippen molar-refractivity contribution < 1.29 is 0 Å². The summed E-state index contributed by atoms with van der Waals surface area (Å²) in [5.74, 6) is 0. The number of nitrogens with zero attached hydrogens (tertiary/aromatic N) is 4. The molecule has 5 nitrogen and oxygen atoms in total. The molecule has 2 rings (SSSR count). The Balaban J connectivity index is 2.36. The summed E-state index contributed by atoms with van der Waals surface area (Å²) in [6.07, 6.45) is 3.90. The molecule has 1 atom stereocenters. The molecule has 0 saturated heterocycles. The second kappa shape index (κ2) is 6.02. The van der Waals surface area contributed by atoms with Crippen LogP contribution in [0, 0.1) is 0 Å². The third kappa shape index (κ3) is 2.87. The Morgan fingerprint density at radius 1 is 1.21 bits per heavy atom. The summed E-state index contributed by atoms with van der Waals surface area (Å²) in [6, 6.07) is 4.39. The second-order valence-electron chi connectivity index (χ2n) is 4.80. The Labute approximate surface area is 114 Å². The van der Waals surface area contributed by atoms with Gasteiger partial charge in [-0.1, -0.05) is 13.8 Å². The third-order valence-corrected chi connectivity index (χ3v) is 3.38. The lowest BCUT2D eigenvalue weighted by atomic mass is 10.1. The minimum atomic E-state index is 0.144. The van der Waals surface area contributed by atoms with E-state index in [2.05, 4.69) is 41.5 Å². The lowest BCUT2D eigenvalue weighted by Crippen LogP contribution is -2.27. The standard InChI is InChI=1S/C14H23N5/c1-5-8-15-14(12-7-9-16-18(12)3)13-10-11(6-2)17-19(13)4/h7,9-10,14-15H,5-6,8H2,1-4H3. The van der Waals surface area contributed by atoms with Gasteiger partial charge in [-0.3, -0.25) is 9.36 Å². The average molecular weight is 261 g/mol. The Bertz CT molecular complexity index is 526. The molecule has 1 unspecified atom stereocenters. The normalized spacial score (nSPS) is 12.8. The van der Waals surface area contributed by atoms with Gasteiger partial charge in [0, 0.05) is 20.3 Å². The van der Waals surface area contributed by atoms with Gasteiger partial charge in [-0.25, -0.2) is 0 Å². The maximum Gasteiger partial charge on any atom is 0.0918 e. The van der Waals surface area contributed by atoms with E-state index < -0.39 is 0 Å². The van der Waals surface area contributed by atoms with Crippen LogP contribution in [0.1, 0.15) is 43.4 Å². The molecule has 5 heteroatoms. The molecule has 0 aromatic carbocycles.